The van der Waals surface area contributed by atoms with Crippen LogP contribution >= 0.6 is 0 Å². The van der Waals surface area contributed by atoms with Gasteiger partial charge in [0.2, 0.25) is 11.6 Å². The van der Waals surface area contributed by atoms with Gasteiger partial charge in [0, 0.05) is 17.7 Å². The summed E-state index contributed by atoms with van der Waals surface area (Å²) < 4.78 is 5.74. The predicted molar refractivity (Wildman–Crippen MR) is 128 cm³/mol. The molecule has 0 atom stereocenters. The largest absolute Gasteiger partial charge is 0.872 e. The Labute approximate surface area is 209 Å². The van der Waals surface area contributed by atoms with Gasteiger partial charge in [-0.25, -0.2) is 10.1 Å². The van der Waals surface area contributed by atoms with Crippen LogP contribution in [0.15, 0.2) is 52.2 Å². The van der Waals surface area contributed by atoms with Crippen molar-refractivity contribution < 1.29 is 24.4 Å². The standard InChI is InChI=1S/C22H22N10O5/c1-3-30(4-2)16-10-7-14(17(33)11-16)12-24-26-22(34)18-19(13-5-8-15(9-6-13)32(35)36)31(29-25-18)21-20(23)27-37-28-21/h5-12,33H,3-4H2,1-2H3,(H2,23,27)(H,26,34)/b24-12+. The second-order valence-corrected chi connectivity index (χ2v) is 7.74. The van der Waals surface area contributed by atoms with Gasteiger partial charge in [0.1, 0.15) is 11.4 Å². The number of nitrogens with two attached hydrogens (primary N) is 1. The molecule has 4 rings (SSSR count). The Morgan fingerprint density at radius 1 is 1.22 bits per heavy atom. The fourth-order valence-electron chi connectivity index (χ4n) is 3.65. The van der Waals surface area contributed by atoms with Gasteiger partial charge < -0.3 is 15.7 Å². The highest BCUT2D eigenvalue weighted by molar-refractivity contribution is 5.99. The maximum absolute atomic E-state index is 13.0. The summed E-state index contributed by atoms with van der Waals surface area (Å²) in [6.45, 7) is 5.74. The Morgan fingerprint density at radius 2 is 1.95 bits per heavy atom. The van der Waals surface area contributed by atoms with Crippen molar-refractivity contribution in [1.29, 1.82) is 0 Å². The number of hydrogen-bond acceptors (Lipinski definition) is 11. The van der Waals surface area contributed by atoms with Gasteiger partial charge in [0.05, 0.1) is 24.2 Å². The van der Waals surface area contributed by atoms with Crippen molar-refractivity contribution in [3.63, 3.8) is 0 Å². The fourth-order valence-corrected chi connectivity index (χ4v) is 3.65. The number of nitrogens with zero attached hydrogens (tertiary/aromatic N) is 7. The third-order valence-corrected chi connectivity index (χ3v) is 5.58. The molecule has 0 aliphatic carbocycles. The normalized spacial score (nSPS) is 11.3. The van der Waals surface area contributed by atoms with E-state index >= 15 is 0 Å². The van der Waals surface area contributed by atoms with Crippen LogP contribution < -0.4 is 21.2 Å². The highest BCUT2D eigenvalue weighted by atomic mass is 16.6. The molecule has 0 unspecified atom stereocenters. The summed E-state index contributed by atoms with van der Waals surface area (Å²) in [4.78, 5) is 24.6. The van der Waals surface area contributed by atoms with E-state index < -0.39 is 10.8 Å². The highest BCUT2D eigenvalue weighted by Gasteiger charge is 2.25. The summed E-state index contributed by atoms with van der Waals surface area (Å²) in [5.41, 5.74) is 9.39. The number of quaternary nitrogens is 1. The second-order valence-electron chi connectivity index (χ2n) is 7.74. The van der Waals surface area contributed by atoms with Crippen molar-refractivity contribution in [2.24, 2.45) is 5.10 Å². The quantitative estimate of drug-likeness (QED) is 0.159. The monoisotopic (exact) mass is 506 g/mol. The van der Waals surface area contributed by atoms with Crippen LogP contribution in [0.25, 0.3) is 17.1 Å². The Hall–Kier alpha value is -5.18. The van der Waals surface area contributed by atoms with E-state index in [0.29, 0.717) is 5.56 Å². The molecule has 4 aromatic rings. The molecule has 190 valence electrons. The van der Waals surface area contributed by atoms with Gasteiger partial charge in [0.15, 0.2) is 5.69 Å². The molecule has 2 aromatic heterocycles. The molecule has 1 amide bonds. The first kappa shape index (κ1) is 24.9. The minimum Gasteiger partial charge on any atom is -0.872 e. The molecule has 15 heteroatoms. The lowest BCUT2D eigenvalue weighted by molar-refractivity contribution is -0.828. The number of carbonyl (C=O) groups excluding carboxylic acids is 1. The van der Waals surface area contributed by atoms with Crippen molar-refractivity contribution in [2.45, 2.75) is 13.8 Å². The van der Waals surface area contributed by atoms with Crippen LogP contribution in [-0.2, 0) is 0 Å². The van der Waals surface area contributed by atoms with Gasteiger partial charge in [-0.3, -0.25) is 14.9 Å². The number of carbonyl (C=O) groups is 1. The van der Waals surface area contributed by atoms with E-state index in [1.165, 1.54) is 35.4 Å². The number of hydrogen-bond donors (Lipinski definition) is 3. The first-order chi connectivity index (χ1) is 17.8. The average molecular weight is 506 g/mol. The topological polar surface area (TPSA) is 208 Å². The Bertz CT molecular complexity index is 1460. The molecule has 0 aliphatic rings. The number of nitrogens with one attached hydrogen (secondary N) is 2. The van der Waals surface area contributed by atoms with Gasteiger partial charge in [-0.05, 0) is 60.1 Å². The molecule has 0 aliphatic heterocycles. The fraction of sp³-hybridized carbons (Fsp3) is 0.182. The Balaban J connectivity index is 1.62. The third-order valence-electron chi connectivity index (χ3n) is 5.58. The van der Waals surface area contributed by atoms with E-state index in [-0.39, 0.29) is 40.0 Å². The van der Waals surface area contributed by atoms with Crippen molar-refractivity contribution in [3.8, 4) is 22.8 Å². The molecule has 0 spiro atoms. The number of hydrazone groups is 1. The molecule has 15 nitrogen and oxygen atoms in total. The molecule has 0 saturated carbocycles. The van der Waals surface area contributed by atoms with Crippen molar-refractivity contribution in [1.82, 2.24) is 30.7 Å². The molecular weight excluding hydrogens is 484 g/mol. The molecule has 0 bridgehead atoms. The lowest BCUT2D eigenvalue weighted by atomic mass is 10.1. The van der Waals surface area contributed by atoms with Crippen LogP contribution in [0.1, 0.15) is 29.9 Å². The van der Waals surface area contributed by atoms with Gasteiger partial charge in [-0.15, -0.1) is 5.10 Å². The molecule has 2 aromatic carbocycles. The van der Waals surface area contributed by atoms with Crippen LogP contribution in [-0.4, -0.2) is 55.4 Å². The van der Waals surface area contributed by atoms with Crippen LogP contribution in [0.4, 0.5) is 17.2 Å². The number of anilines is 1. The zero-order valence-corrected chi connectivity index (χ0v) is 19.8. The van der Waals surface area contributed by atoms with E-state index in [2.05, 4.69) is 35.8 Å². The van der Waals surface area contributed by atoms with Crippen molar-refractivity contribution in [3.05, 3.63) is 63.8 Å². The predicted octanol–water partition coefficient (Wildman–Crippen LogP) is 0.201. The highest BCUT2D eigenvalue weighted by Crippen LogP contribution is 2.28. The zero-order chi connectivity index (χ0) is 26.5. The van der Waals surface area contributed by atoms with Gasteiger partial charge in [-0.2, -0.15) is 9.78 Å². The van der Waals surface area contributed by atoms with E-state index in [1.54, 1.807) is 12.1 Å². The number of aromatic nitrogens is 5. The number of nitro groups is 1. The lowest BCUT2D eigenvalue weighted by Gasteiger charge is -2.18. The molecule has 2 heterocycles. The van der Waals surface area contributed by atoms with Crippen LogP contribution in [0, 0.1) is 10.1 Å². The van der Waals surface area contributed by atoms with E-state index in [9.17, 15) is 20.0 Å². The Kier molecular flexibility index (Phi) is 7.15. The number of benzene rings is 2. The number of amides is 1. The molecule has 4 N–H and O–H groups in total. The zero-order valence-electron chi connectivity index (χ0n) is 19.8. The molecule has 37 heavy (non-hydrogen) atoms. The van der Waals surface area contributed by atoms with Gasteiger partial charge in [-0.1, -0.05) is 11.0 Å². The van der Waals surface area contributed by atoms with E-state index in [4.69, 9.17) is 5.73 Å². The second kappa shape index (κ2) is 10.6. The number of non-ortho nitro benzene ring substituents is 1. The maximum atomic E-state index is 13.0. The molecular formula is C22H22N10O5. The van der Waals surface area contributed by atoms with Gasteiger partial charge in [0.25, 0.3) is 11.6 Å². The van der Waals surface area contributed by atoms with E-state index in [0.717, 1.165) is 23.5 Å². The molecule has 0 fully saturated rings. The molecule has 0 radical (unpaired) electrons. The number of rotatable bonds is 9. The number of nitrogen functional groups attached to an aromatic ring is 1. The summed E-state index contributed by atoms with van der Waals surface area (Å²) in [7, 11) is 0. The van der Waals surface area contributed by atoms with Gasteiger partial charge >= 0.3 is 0 Å². The van der Waals surface area contributed by atoms with Crippen LogP contribution in [0.2, 0.25) is 0 Å². The van der Waals surface area contributed by atoms with Crippen LogP contribution in [0.5, 0.6) is 5.75 Å². The summed E-state index contributed by atoms with van der Waals surface area (Å²) in [6.07, 6.45) is 1.23. The summed E-state index contributed by atoms with van der Waals surface area (Å²) in [5.74, 6) is -1.14. The third kappa shape index (κ3) is 5.10. The summed E-state index contributed by atoms with van der Waals surface area (Å²) in [5, 5.41) is 42.4. The summed E-state index contributed by atoms with van der Waals surface area (Å²) in [6, 6.07) is 10.4. The summed E-state index contributed by atoms with van der Waals surface area (Å²) >= 11 is 0. The Morgan fingerprint density at radius 3 is 2.54 bits per heavy atom. The van der Waals surface area contributed by atoms with Crippen molar-refractivity contribution >= 4 is 29.3 Å². The molecule has 0 saturated heterocycles. The van der Waals surface area contributed by atoms with Crippen molar-refractivity contribution in [2.75, 3.05) is 18.8 Å². The first-order valence-corrected chi connectivity index (χ1v) is 11.1. The number of nitro benzene ring substituents is 1. The SMILES string of the molecule is CC[NH+](CC)c1ccc(/C=N/NC(=O)c2nnn(-c3nonc3N)c2-c2ccc([N+](=O)[O-])cc2)c([O-])c1. The van der Waals surface area contributed by atoms with E-state index in [1.807, 2.05) is 19.9 Å². The minimum absolute atomic E-state index is 0.0326. The smallest absolute Gasteiger partial charge is 0.294 e. The average Bonchev–Trinajstić information content (AvgIpc) is 3.52. The maximum Gasteiger partial charge on any atom is 0.294 e. The minimum atomic E-state index is -0.762. The van der Waals surface area contributed by atoms with Crippen LogP contribution in [0.3, 0.4) is 0 Å². The lowest BCUT2D eigenvalue weighted by Crippen LogP contribution is -3.06. The first-order valence-electron chi connectivity index (χ1n) is 11.1.